The minimum atomic E-state index is -0.341. The van der Waals surface area contributed by atoms with Gasteiger partial charge in [0, 0.05) is 25.9 Å². The number of hydrogen-bond donors (Lipinski definition) is 2. The Kier molecular flexibility index (Phi) is 5.52. The summed E-state index contributed by atoms with van der Waals surface area (Å²) in [4.78, 5) is 24.9. The molecule has 0 bridgehead atoms. The summed E-state index contributed by atoms with van der Waals surface area (Å²) in [7, 11) is 0. The van der Waals surface area contributed by atoms with Gasteiger partial charge in [0.1, 0.15) is 11.6 Å². The van der Waals surface area contributed by atoms with Crippen molar-refractivity contribution in [3.05, 3.63) is 52.8 Å². The molecule has 3 aromatic rings. The van der Waals surface area contributed by atoms with Crippen LogP contribution in [0.2, 0.25) is 0 Å². The molecule has 146 valence electrons. The van der Waals surface area contributed by atoms with Crippen LogP contribution in [-0.2, 0) is 19.4 Å². The average Bonchev–Trinajstić information content (AvgIpc) is 3.42. The lowest BCUT2D eigenvalue weighted by Crippen LogP contribution is -2.25. The molecule has 0 saturated carbocycles. The fourth-order valence-corrected chi connectivity index (χ4v) is 4.03. The number of aryl methyl sites for hydroxylation is 1. The Balaban J connectivity index is 1.29. The molecular weight excluding hydrogens is 378 g/mol. The lowest BCUT2D eigenvalue weighted by atomic mass is 10.2. The number of anilines is 1. The summed E-state index contributed by atoms with van der Waals surface area (Å²) in [6.07, 6.45) is 6.58. The zero-order valence-electron chi connectivity index (χ0n) is 15.3. The maximum Gasteiger partial charge on any atom is 0.291 e. The monoisotopic (exact) mass is 399 g/mol. The summed E-state index contributed by atoms with van der Waals surface area (Å²) in [6, 6.07) is 6.64. The Morgan fingerprint density at radius 1 is 1.14 bits per heavy atom. The molecule has 0 radical (unpaired) electrons. The fraction of sp³-hybridized carbons (Fsp3) is 0.368. The Morgan fingerprint density at radius 2 is 2.07 bits per heavy atom. The molecule has 28 heavy (non-hydrogen) atoms. The Bertz CT molecular complexity index is 960. The second-order valence-electron chi connectivity index (χ2n) is 6.60. The zero-order valence-corrected chi connectivity index (χ0v) is 16.1. The van der Waals surface area contributed by atoms with Gasteiger partial charge < -0.3 is 19.6 Å². The smallest absolute Gasteiger partial charge is 0.291 e. The molecule has 0 saturated heterocycles. The van der Waals surface area contributed by atoms with E-state index in [-0.39, 0.29) is 17.6 Å². The van der Waals surface area contributed by atoms with Gasteiger partial charge in [0.05, 0.1) is 16.1 Å². The van der Waals surface area contributed by atoms with Crippen molar-refractivity contribution in [2.45, 2.75) is 38.6 Å². The van der Waals surface area contributed by atoms with Gasteiger partial charge in [-0.05, 0) is 37.1 Å². The van der Waals surface area contributed by atoms with Crippen LogP contribution in [0, 0.1) is 0 Å². The van der Waals surface area contributed by atoms with E-state index in [0.29, 0.717) is 22.8 Å². The zero-order chi connectivity index (χ0) is 19.3. The summed E-state index contributed by atoms with van der Waals surface area (Å²) >= 11 is 1.22. The van der Waals surface area contributed by atoms with Crippen LogP contribution in [0.25, 0.3) is 0 Å². The summed E-state index contributed by atoms with van der Waals surface area (Å²) in [5.41, 5.74) is 0. The standard InChI is InChI=1S/C19H21N5O3S/c25-18(13-5-4-12-27-13)21-17-8-7-14(28-17)19(26)20-10-9-16-23-22-15-6-2-1-3-11-24(15)16/h4-5,7-8,12H,1-3,6,9-11H2,(H,20,26)(H,21,25). The highest BCUT2D eigenvalue weighted by molar-refractivity contribution is 7.18. The van der Waals surface area contributed by atoms with E-state index in [2.05, 4.69) is 25.4 Å². The van der Waals surface area contributed by atoms with Crippen molar-refractivity contribution in [3.8, 4) is 0 Å². The Morgan fingerprint density at radius 3 is 2.93 bits per heavy atom. The van der Waals surface area contributed by atoms with Crippen LogP contribution in [0.1, 0.15) is 51.1 Å². The van der Waals surface area contributed by atoms with E-state index >= 15 is 0 Å². The number of carbonyl (C=O) groups is 2. The maximum absolute atomic E-state index is 12.4. The van der Waals surface area contributed by atoms with E-state index in [9.17, 15) is 9.59 Å². The molecule has 0 atom stereocenters. The van der Waals surface area contributed by atoms with E-state index < -0.39 is 0 Å². The minimum Gasteiger partial charge on any atom is -0.459 e. The highest BCUT2D eigenvalue weighted by Gasteiger charge is 2.16. The molecule has 8 nitrogen and oxygen atoms in total. The third kappa shape index (κ3) is 4.14. The van der Waals surface area contributed by atoms with Gasteiger partial charge in [0.25, 0.3) is 11.8 Å². The predicted octanol–water partition coefficient (Wildman–Crippen LogP) is 2.88. The van der Waals surface area contributed by atoms with Gasteiger partial charge >= 0.3 is 0 Å². The van der Waals surface area contributed by atoms with Crippen LogP contribution in [0.5, 0.6) is 0 Å². The number of carbonyl (C=O) groups excluding carboxylic acids is 2. The molecule has 4 heterocycles. The van der Waals surface area contributed by atoms with Crippen LogP contribution < -0.4 is 10.6 Å². The van der Waals surface area contributed by atoms with Crippen molar-refractivity contribution in [2.24, 2.45) is 0 Å². The molecule has 0 fully saturated rings. The molecule has 0 aromatic carbocycles. The number of aromatic nitrogens is 3. The maximum atomic E-state index is 12.4. The molecule has 0 unspecified atom stereocenters. The molecule has 9 heteroatoms. The second kappa shape index (κ2) is 8.39. The molecule has 0 spiro atoms. The van der Waals surface area contributed by atoms with Gasteiger partial charge in [-0.2, -0.15) is 0 Å². The first kappa shape index (κ1) is 18.4. The van der Waals surface area contributed by atoms with Crippen LogP contribution >= 0.6 is 11.3 Å². The van der Waals surface area contributed by atoms with Crippen molar-refractivity contribution in [1.29, 1.82) is 0 Å². The van der Waals surface area contributed by atoms with Gasteiger partial charge in [0.15, 0.2) is 5.76 Å². The lowest BCUT2D eigenvalue weighted by molar-refractivity contribution is 0.0956. The number of thiophene rings is 1. The first-order valence-corrected chi connectivity index (χ1v) is 10.2. The molecular formula is C19H21N5O3S. The number of nitrogens with one attached hydrogen (secondary N) is 2. The van der Waals surface area contributed by atoms with E-state index in [1.54, 1.807) is 24.3 Å². The van der Waals surface area contributed by atoms with Gasteiger partial charge in [-0.25, -0.2) is 0 Å². The quantitative estimate of drug-likeness (QED) is 0.664. The van der Waals surface area contributed by atoms with Crippen molar-refractivity contribution in [3.63, 3.8) is 0 Å². The third-order valence-corrected chi connectivity index (χ3v) is 5.63. The molecule has 3 aromatic heterocycles. The number of fused-ring (bicyclic) bond motifs is 1. The highest BCUT2D eigenvalue weighted by atomic mass is 32.1. The molecule has 1 aliphatic heterocycles. The number of amides is 2. The summed E-state index contributed by atoms with van der Waals surface area (Å²) in [6.45, 7) is 1.44. The largest absolute Gasteiger partial charge is 0.459 e. The number of nitrogens with zero attached hydrogens (tertiary/aromatic N) is 3. The van der Waals surface area contributed by atoms with Crippen molar-refractivity contribution in [2.75, 3.05) is 11.9 Å². The van der Waals surface area contributed by atoms with E-state index in [0.717, 1.165) is 37.5 Å². The normalized spacial score (nSPS) is 13.6. The van der Waals surface area contributed by atoms with Crippen LogP contribution in [0.15, 0.2) is 34.9 Å². The topological polar surface area (TPSA) is 102 Å². The summed E-state index contributed by atoms with van der Waals surface area (Å²) in [5.74, 6) is 1.70. The van der Waals surface area contributed by atoms with Crippen molar-refractivity contribution in [1.82, 2.24) is 20.1 Å². The summed E-state index contributed by atoms with van der Waals surface area (Å²) in [5, 5.41) is 14.8. The Labute approximate surface area is 166 Å². The highest BCUT2D eigenvalue weighted by Crippen LogP contribution is 2.22. The Hall–Kier alpha value is -2.94. The second-order valence-corrected chi connectivity index (χ2v) is 7.68. The minimum absolute atomic E-state index is 0.167. The third-order valence-electron chi connectivity index (χ3n) is 4.63. The van der Waals surface area contributed by atoms with Gasteiger partial charge in [-0.1, -0.05) is 6.42 Å². The molecule has 1 aliphatic rings. The van der Waals surface area contributed by atoms with Crippen LogP contribution in [0.4, 0.5) is 5.00 Å². The van der Waals surface area contributed by atoms with Crippen LogP contribution in [0.3, 0.4) is 0 Å². The van der Waals surface area contributed by atoms with Gasteiger partial charge in [0.2, 0.25) is 0 Å². The molecule has 2 amide bonds. The summed E-state index contributed by atoms with van der Waals surface area (Å²) < 4.78 is 7.24. The predicted molar refractivity (Wildman–Crippen MR) is 105 cm³/mol. The SMILES string of the molecule is O=C(Nc1ccc(C(=O)NCCc2nnc3n2CCCCC3)s1)c1ccco1. The van der Waals surface area contributed by atoms with Crippen LogP contribution in [-0.4, -0.2) is 33.1 Å². The average molecular weight is 399 g/mol. The molecule has 4 rings (SSSR count). The van der Waals surface area contributed by atoms with Crippen molar-refractivity contribution >= 4 is 28.2 Å². The first-order chi connectivity index (χ1) is 13.7. The lowest BCUT2D eigenvalue weighted by Gasteiger charge is -2.07. The van der Waals surface area contributed by atoms with Gasteiger partial charge in [-0.3, -0.25) is 9.59 Å². The number of rotatable bonds is 6. The first-order valence-electron chi connectivity index (χ1n) is 9.34. The van der Waals surface area contributed by atoms with E-state index in [1.165, 1.54) is 24.0 Å². The van der Waals surface area contributed by atoms with Crippen molar-refractivity contribution < 1.29 is 14.0 Å². The fourth-order valence-electron chi connectivity index (χ4n) is 3.21. The molecule has 2 N–H and O–H groups in total. The van der Waals surface area contributed by atoms with Gasteiger partial charge in [-0.15, -0.1) is 21.5 Å². The number of hydrogen-bond acceptors (Lipinski definition) is 6. The number of furan rings is 1. The van der Waals surface area contributed by atoms with E-state index in [4.69, 9.17) is 4.42 Å². The van der Waals surface area contributed by atoms with E-state index in [1.807, 2.05) is 0 Å². The molecule has 0 aliphatic carbocycles.